The molecule has 1 fully saturated rings. The highest BCUT2D eigenvalue weighted by molar-refractivity contribution is 9.09. The second-order valence-electron chi connectivity index (χ2n) is 5.81. The van der Waals surface area contributed by atoms with E-state index in [0.717, 1.165) is 11.4 Å². The lowest BCUT2D eigenvalue weighted by atomic mass is 10.1. The number of ether oxygens (including phenoxy) is 1. The summed E-state index contributed by atoms with van der Waals surface area (Å²) in [5.41, 5.74) is 4.89. The molecule has 0 unspecified atom stereocenters. The molecule has 2 aliphatic heterocycles. The Labute approximate surface area is 165 Å². The Morgan fingerprint density at radius 2 is 1.75 bits per heavy atom. The monoisotopic (exact) mass is 458 g/mol. The number of carbonyl (C=O) groups is 1. The van der Waals surface area contributed by atoms with Crippen LogP contribution in [0.15, 0.2) is 59.9 Å². The van der Waals surface area contributed by atoms with E-state index in [1.54, 1.807) is 10.5 Å². The number of amides is 1. The minimum Gasteiger partial charge on any atom is -0.870 e. The fourth-order valence-corrected chi connectivity index (χ4v) is 3.41. The number of nitrogens with two attached hydrogens (primary N) is 1. The average Bonchev–Trinajstić information content (AvgIpc) is 2.98. The van der Waals surface area contributed by atoms with Crippen molar-refractivity contribution in [2.45, 2.75) is 6.36 Å². The predicted molar refractivity (Wildman–Crippen MR) is 97.8 cm³/mol. The van der Waals surface area contributed by atoms with E-state index in [1.165, 1.54) is 29.3 Å². The summed E-state index contributed by atoms with van der Waals surface area (Å²) in [5.74, 6) is -0.626. The molecule has 11 heteroatoms. The molecule has 0 bridgehead atoms. The Balaban J connectivity index is 0.00000225. The summed E-state index contributed by atoms with van der Waals surface area (Å²) >= 11 is 3.39. The number of anilines is 3. The van der Waals surface area contributed by atoms with Crippen molar-refractivity contribution < 1.29 is 33.7 Å². The quantitative estimate of drug-likeness (QED) is 0.419. The molecule has 7 nitrogen and oxygen atoms in total. The maximum absolute atomic E-state index is 13.0. The van der Waals surface area contributed by atoms with Gasteiger partial charge in [-0.3, -0.25) is 4.79 Å². The predicted octanol–water partition coefficient (Wildman–Crippen LogP) is 2.69. The minimum atomic E-state index is -4.76. The summed E-state index contributed by atoms with van der Waals surface area (Å²) in [6.45, 7) is 0. The van der Waals surface area contributed by atoms with Crippen LogP contribution in [-0.2, 0) is 4.79 Å². The molecular weight excluding hydrogens is 445 g/mol. The lowest BCUT2D eigenvalue weighted by Crippen LogP contribution is -2.98. The first-order valence-electron chi connectivity index (χ1n) is 7.86. The van der Waals surface area contributed by atoms with Crippen molar-refractivity contribution in [3.63, 3.8) is 0 Å². The van der Waals surface area contributed by atoms with Gasteiger partial charge >= 0.3 is 12.3 Å². The minimum absolute atomic E-state index is 0. The fourth-order valence-electron chi connectivity index (χ4n) is 3.00. The second-order valence-corrected chi connectivity index (χ2v) is 6.37. The molecule has 28 heavy (non-hydrogen) atoms. The molecule has 0 atom stereocenters. The van der Waals surface area contributed by atoms with Gasteiger partial charge < -0.3 is 15.5 Å². The van der Waals surface area contributed by atoms with E-state index in [9.17, 15) is 18.0 Å². The van der Waals surface area contributed by atoms with Crippen LogP contribution in [0.5, 0.6) is 5.75 Å². The van der Waals surface area contributed by atoms with Crippen LogP contribution >= 0.6 is 15.9 Å². The van der Waals surface area contributed by atoms with Gasteiger partial charge in [0.2, 0.25) is 0 Å². The van der Waals surface area contributed by atoms with Crippen molar-refractivity contribution in [1.29, 1.82) is 0 Å². The van der Waals surface area contributed by atoms with Crippen LogP contribution in [0.4, 0.5) is 30.2 Å². The van der Waals surface area contributed by atoms with E-state index in [-0.39, 0.29) is 17.1 Å². The molecule has 4 N–H and O–H groups in total. The molecule has 0 aromatic heterocycles. The van der Waals surface area contributed by atoms with Gasteiger partial charge in [-0.05, 0) is 36.4 Å². The number of quaternary nitrogens is 1. The molecule has 2 aliphatic rings. The summed E-state index contributed by atoms with van der Waals surface area (Å²) in [4.78, 5) is 13.0. The van der Waals surface area contributed by atoms with E-state index >= 15 is 0 Å². The lowest BCUT2D eigenvalue weighted by molar-refractivity contribution is -0.653. The fraction of sp³-hybridized carbons (Fsp3) is 0.118. The molecule has 0 radical (unpaired) electrons. The number of nitrogens with one attached hydrogen (secondary N) is 1. The van der Waals surface area contributed by atoms with Crippen molar-refractivity contribution in [3.8, 4) is 5.75 Å². The van der Waals surface area contributed by atoms with Crippen LogP contribution in [0.2, 0.25) is 0 Å². The normalized spacial score (nSPS) is 15.6. The third-order valence-corrected chi connectivity index (χ3v) is 4.67. The van der Waals surface area contributed by atoms with Gasteiger partial charge in [-0.2, -0.15) is 5.01 Å². The Hall–Kier alpha value is -2.76. The van der Waals surface area contributed by atoms with Gasteiger partial charge in [0.25, 0.3) is 0 Å². The number of allylic oxidation sites excluding steroid dienone is 1. The topological polar surface area (TPSA) is 91.4 Å². The third-order valence-electron chi connectivity index (χ3n) is 4.11. The second kappa shape index (κ2) is 7.34. The molecule has 4 rings (SSSR count). The summed E-state index contributed by atoms with van der Waals surface area (Å²) in [6, 6.07) is 12.7. The molecule has 0 spiro atoms. The molecule has 148 valence electrons. The van der Waals surface area contributed by atoms with Crippen molar-refractivity contribution in [2.75, 3.05) is 20.7 Å². The van der Waals surface area contributed by atoms with Crippen LogP contribution in [0, 0.1) is 0 Å². The summed E-state index contributed by atoms with van der Waals surface area (Å²) < 4.78 is 40.8. The number of hydrogen-bond donors (Lipinski definition) is 2. The first-order valence-corrected chi connectivity index (χ1v) is 8.98. The molecule has 0 aliphatic carbocycles. The van der Waals surface area contributed by atoms with Gasteiger partial charge in [0.05, 0.1) is 11.4 Å². The van der Waals surface area contributed by atoms with Crippen LogP contribution in [0.3, 0.4) is 0 Å². The molecule has 1 amide bonds. The Morgan fingerprint density at radius 1 is 1.07 bits per heavy atom. The van der Waals surface area contributed by atoms with Gasteiger partial charge in [0.1, 0.15) is 17.1 Å². The standard InChI is InChI=1S/C17H12BrF3N4O2.H2O/c18-9-13-15-16(26)24(10-5-7-11(8-6-10)27-17(19,20)21)23-25(15)14-4-2-1-3-12(14)22-13;/h1-8,22-23H,9H2;1H2. The Morgan fingerprint density at radius 3 is 2.39 bits per heavy atom. The van der Waals surface area contributed by atoms with E-state index in [4.69, 9.17) is 0 Å². The molecule has 2 aromatic rings. The number of para-hydroxylation sites is 2. The average molecular weight is 459 g/mol. The summed E-state index contributed by atoms with van der Waals surface area (Å²) in [7, 11) is 0. The first kappa shape index (κ1) is 20.0. The van der Waals surface area contributed by atoms with Crippen molar-refractivity contribution >= 4 is 38.9 Å². The van der Waals surface area contributed by atoms with E-state index in [1.807, 2.05) is 24.3 Å². The third kappa shape index (κ3) is 3.51. The number of rotatable bonds is 3. The molecular formula is C17H14BrF3N4O3. The maximum atomic E-state index is 13.0. The number of halogens is 4. The number of hydrogen-bond acceptors (Lipinski definition) is 5. The number of nitrogens with zero attached hydrogens (tertiary/aromatic N) is 2. The smallest absolute Gasteiger partial charge is 0.573 e. The van der Waals surface area contributed by atoms with Crippen LogP contribution in [0.25, 0.3) is 0 Å². The Kier molecular flexibility index (Phi) is 5.24. The highest BCUT2D eigenvalue weighted by Gasteiger charge is 2.44. The largest absolute Gasteiger partial charge is 0.870 e. The summed E-state index contributed by atoms with van der Waals surface area (Å²) in [5, 5.41) is 6.83. The number of carbonyl (C=O) groups excluding carboxylic acids is 1. The van der Waals surface area contributed by atoms with Crippen molar-refractivity contribution in [3.05, 3.63) is 59.9 Å². The molecule has 0 saturated carbocycles. The zero-order valence-corrected chi connectivity index (χ0v) is 15.7. The Bertz CT molecular complexity index is 934. The van der Waals surface area contributed by atoms with Crippen LogP contribution in [-0.4, -0.2) is 23.1 Å². The zero-order chi connectivity index (χ0) is 19.2. The zero-order valence-electron chi connectivity index (χ0n) is 14.1. The van der Waals surface area contributed by atoms with Gasteiger partial charge in [-0.1, -0.05) is 28.1 Å². The number of alkyl halides is 4. The van der Waals surface area contributed by atoms with Gasteiger partial charge in [0, 0.05) is 5.33 Å². The van der Waals surface area contributed by atoms with Crippen LogP contribution < -0.4 is 25.6 Å². The van der Waals surface area contributed by atoms with Crippen molar-refractivity contribution in [2.24, 2.45) is 0 Å². The first-order chi connectivity index (χ1) is 12.9. The van der Waals surface area contributed by atoms with Crippen molar-refractivity contribution in [1.82, 2.24) is 0 Å². The molecule has 2 heterocycles. The summed E-state index contributed by atoms with van der Waals surface area (Å²) in [6.07, 6.45) is -4.76. The van der Waals surface area contributed by atoms with E-state index in [0.29, 0.717) is 22.4 Å². The van der Waals surface area contributed by atoms with E-state index in [2.05, 4.69) is 26.0 Å². The lowest BCUT2D eigenvalue weighted by Gasteiger charge is -2.25. The number of benzene rings is 2. The van der Waals surface area contributed by atoms with Gasteiger partial charge in [0.15, 0.2) is 5.70 Å². The van der Waals surface area contributed by atoms with Gasteiger partial charge in [-0.25, -0.2) is 0 Å². The molecule has 2 aromatic carbocycles. The van der Waals surface area contributed by atoms with Gasteiger partial charge in [-0.15, -0.1) is 23.7 Å². The number of fused-ring (bicyclic) bond motifs is 3. The SMILES string of the molecule is O=C1C2=C(CBr)Nc3ccccc3N2[NH2+]N1c1ccc(OC(F)(F)F)cc1.[OH-]. The van der Waals surface area contributed by atoms with Crippen LogP contribution in [0.1, 0.15) is 0 Å². The van der Waals surface area contributed by atoms with E-state index < -0.39 is 6.36 Å². The molecule has 1 saturated heterocycles. The maximum Gasteiger partial charge on any atom is 0.573 e. The highest BCUT2D eigenvalue weighted by Crippen LogP contribution is 2.36. The highest BCUT2D eigenvalue weighted by atomic mass is 79.9.